The van der Waals surface area contributed by atoms with E-state index in [9.17, 15) is 0 Å². The molecule has 4 heteroatoms. The van der Waals surface area contributed by atoms with Gasteiger partial charge in [0.2, 0.25) is 5.95 Å². The van der Waals surface area contributed by atoms with Crippen LogP contribution in [0.15, 0.2) is 12.4 Å². The third-order valence-corrected chi connectivity index (χ3v) is 3.55. The van der Waals surface area contributed by atoms with Gasteiger partial charge in [-0.3, -0.25) is 0 Å². The van der Waals surface area contributed by atoms with Gasteiger partial charge in [-0.25, -0.2) is 9.97 Å². The maximum atomic E-state index is 5.71. The second kappa shape index (κ2) is 4.58. The van der Waals surface area contributed by atoms with Crippen molar-refractivity contribution in [2.24, 2.45) is 5.41 Å². The summed E-state index contributed by atoms with van der Waals surface area (Å²) in [7, 11) is 0. The lowest BCUT2D eigenvalue weighted by Gasteiger charge is -2.36. The molecular weight excluding hydrogens is 222 g/mol. The van der Waals surface area contributed by atoms with E-state index in [0.29, 0.717) is 11.3 Å². The monoisotopic (exact) mass is 239 g/mol. The Bertz CT molecular complexity index is 338. The smallest absolute Gasteiger partial charge is 0.225 e. The highest BCUT2D eigenvalue weighted by atomic mass is 35.5. The van der Waals surface area contributed by atoms with E-state index in [1.54, 1.807) is 0 Å². The normalized spacial score (nSPS) is 19.8. The minimum atomic E-state index is 0.465. The van der Waals surface area contributed by atoms with Crippen LogP contribution in [-0.2, 0) is 5.88 Å². The van der Waals surface area contributed by atoms with Gasteiger partial charge in [0, 0.05) is 31.0 Å². The predicted molar refractivity (Wildman–Crippen MR) is 66.8 cm³/mol. The van der Waals surface area contributed by atoms with Gasteiger partial charge in [-0.1, -0.05) is 13.8 Å². The van der Waals surface area contributed by atoms with Crippen molar-refractivity contribution in [3.8, 4) is 0 Å². The molecule has 16 heavy (non-hydrogen) atoms. The van der Waals surface area contributed by atoms with Crippen molar-refractivity contribution in [2.75, 3.05) is 18.0 Å². The number of piperidine rings is 1. The van der Waals surface area contributed by atoms with Crippen molar-refractivity contribution < 1.29 is 0 Å². The molecule has 0 radical (unpaired) electrons. The summed E-state index contributed by atoms with van der Waals surface area (Å²) in [4.78, 5) is 11.0. The zero-order valence-corrected chi connectivity index (χ0v) is 10.7. The number of hydrogen-bond donors (Lipinski definition) is 0. The molecule has 1 aromatic heterocycles. The lowest BCUT2D eigenvalue weighted by Crippen LogP contribution is -2.38. The first-order valence-electron chi connectivity index (χ1n) is 5.72. The first kappa shape index (κ1) is 11.6. The molecule has 1 saturated heterocycles. The van der Waals surface area contributed by atoms with E-state index in [1.807, 2.05) is 12.4 Å². The second-order valence-corrected chi connectivity index (χ2v) is 5.44. The number of halogens is 1. The van der Waals surface area contributed by atoms with Gasteiger partial charge in [0.05, 0.1) is 5.88 Å². The molecule has 0 aromatic carbocycles. The molecule has 1 aromatic rings. The van der Waals surface area contributed by atoms with Crippen LogP contribution in [0, 0.1) is 5.41 Å². The number of hydrogen-bond acceptors (Lipinski definition) is 3. The van der Waals surface area contributed by atoms with Gasteiger partial charge >= 0.3 is 0 Å². The van der Waals surface area contributed by atoms with Crippen LogP contribution in [0.5, 0.6) is 0 Å². The van der Waals surface area contributed by atoms with E-state index in [0.717, 1.165) is 24.6 Å². The predicted octanol–water partition coefficient (Wildman–Crippen LogP) is 2.84. The van der Waals surface area contributed by atoms with Crippen LogP contribution < -0.4 is 4.90 Å². The van der Waals surface area contributed by atoms with Crippen LogP contribution in [-0.4, -0.2) is 23.1 Å². The molecule has 1 aliphatic rings. The number of rotatable bonds is 2. The third kappa shape index (κ3) is 2.64. The van der Waals surface area contributed by atoms with Gasteiger partial charge < -0.3 is 4.90 Å². The minimum Gasteiger partial charge on any atom is -0.341 e. The minimum absolute atomic E-state index is 0.465. The fourth-order valence-corrected chi connectivity index (χ4v) is 2.03. The highest BCUT2D eigenvalue weighted by Gasteiger charge is 2.26. The number of aromatic nitrogens is 2. The largest absolute Gasteiger partial charge is 0.341 e. The molecule has 88 valence electrons. The molecule has 0 aliphatic carbocycles. The summed E-state index contributed by atoms with van der Waals surface area (Å²) in [6.45, 7) is 6.74. The first-order chi connectivity index (χ1) is 7.61. The van der Waals surface area contributed by atoms with E-state index in [2.05, 4.69) is 28.7 Å². The number of nitrogens with zero attached hydrogens (tertiary/aromatic N) is 3. The van der Waals surface area contributed by atoms with Crippen molar-refractivity contribution in [2.45, 2.75) is 32.6 Å². The Kier molecular flexibility index (Phi) is 3.33. The van der Waals surface area contributed by atoms with Crippen LogP contribution in [0.25, 0.3) is 0 Å². The Morgan fingerprint density at radius 1 is 1.25 bits per heavy atom. The molecule has 0 bridgehead atoms. The van der Waals surface area contributed by atoms with Crippen molar-refractivity contribution >= 4 is 17.5 Å². The fourth-order valence-electron chi connectivity index (χ4n) is 1.89. The van der Waals surface area contributed by atoms with E-state index < -0.39 is 0 Å². The van der Waals surface area contributed by atoms with E-state index in [-0.39, 0.29) is 0 Å². The zero-order chi connectivity index (χ0) is 11.6. The van der Waals surface area contributed by atoms with E-state index in [4.69, 9.17) is 11.6 Å². The summed E-state index contributed by atoms with van der Waals surface area (Å²) in [6.07, 6.45) is 6.03. The fraction of sp³-hybridized carbons (Fsp3) is 0.667. The first-order valence-corrected chi connectivity index (χ1v) is 6.26. The van der Waals surface area contributed by atoms with Crippen LogP contribution in [0.4, 0.5) is 5.95 Å². The third-order valence-electron chi connectivity index (χ3n) is 3.25. The molecule has 2 rings (SSSR count). The average Bonchev–Trinajstić information content (AvgIpc) is 2.29. The Labute approximate surface area is 102 Å². The summed E-state index contributed by atoms with van der Waals surface area (Å²) in [5.41, 5.74) is 1.44. The van der Waals surface area contributed by atoms with Crippen LogP contribution >= 0.6 is 11.6 Å². The molecular formula is C12H18ClN3. The quantitative estimate of drug-likeness (QED) is 0.744. The topological polar surface area (TPSA) is 29.0 Å². The molecule has 1 fully saturated rings. The molecule has 3 nitrogen and oxygen atoms in total. The lowest BCUT2D eigenvalue weighted by atomic mass is 9.83. The van der Waals surface area contributed by atoms with Gasteiger partial charge in [0.25, 0.3) is 0 Å². The molecule has 0 N–H and O–H groups in total. The molecule has 1 aliphatic heterocycles. The lowest BCUT2D eigenvalue weighted by molar-refractivity contribution is 0.278. The molecule has 0 saturated carbocycles. The number of anilines is 1. The average molecular weight is 240 g/mol. The summed E-state index contributed by atoms with van der Waals surface area (Å²) < 4.78 is 0. The van der Waals surface area contributed by atoms with Crippen molar-refractivity contribution in [1.29, 1.82) is 0 Å². The molecule has 0 atom stereocenters. The standard InChI is InChI=1S/C12H18ClN3/c1-12(2)3-5-16(6-4-12)11-14-8-10(7-13)9-15-11/h8-9H,3-7H2,1-2H3. The van der Waals surface area contributed by atoms with Gasteiger partial charge in [-0.15, -0.1) is 11.6 Å². The summed E-state index contributed by atoms with van der Waals surface area (Å²) in [6, 6.07) is 0. The zero-order valence-electron chi connectivity index (χ0n) is 9.91. The Morgan fingerprint density at radius 2 is 1.81 bits per heavy atom. The van der Waals surface area contributed by atoms with Crippen molar-refractivity contribution in [3.05, 3.63) is 18.0 Å². The summed E-state index contributed by atoms with van der Waals surface area (Å²) >= 11 is 5.71. The van der Waals surface area contributed by atoms with Crippen LogP contribution in [0.2, 0.25) is 0 Å². The number of alkyl halides is 1. The Hall–Kier alpha value is -0.830. The van der Waals surface area contributed by atoms with Crippen molar-refractivity contribution in [1.82, 2.24) is 9.97 Å². The molecule has 0 unspecified atom stereocenters. The maximum Gasteiger partial charge on any atom is 0.225 e. The Balaban J connectivity index is 2.03. The highest BCUT2D eigenvalue weighted by molar-refractivity contribution is 6.17. The summed E-state index contributed by atoms with van der Waals surface area (Å²) in [5, 5.41) is 0. The van der Waals surface area contributed by atoms with E-state index >= 15 is 0 Å². The Morgan fingerprint density at radius 3 is 2.31 bits per heavy atom. The second-order valence-electron chi connectivity index (χ2n) is 5.18. The van der Waals surface area contributed by atoms with Crippen molar-refractivity contribution in [3.63, 3.8) is 0 Å². The van der Waals surface area contributed by atoms with Crippen LogP contribution in [0.3, 0.4) is 0 Å². The van der Waals surface area contributed by atoms with Gasteiger partial charge in [0.15, 0.2) is 0 Å². The van der Waals surface area contributed by atoms with Gasteiger partial charge in [-0.2, -0.15) is 0 Å². The summed E-state index contributed by atoms with van der Waals surface area (Å²) in [5.74, 6) is 1.32. The van der Waals surface area contributed by atoms with E-state index in [1.165, 1.54) is 12.8 Å². The van der Waals surface area contributed by atoms with Crippen LogP contribution in [0.1, 0.15) is 32.3 Å². The molecule has 0 amide bonds. The molecule has 0 spiro atoms. The highest BCUT2D eigenvalue weighted by Crippen LogP contribution is 2.30. The van der Waals surface area contributed by atoms with Gasteiger partial charge in [-0.05, 0) is 18.3 Å². The maximum absolute atomic E-state index is 5.71. The SMILES string of the molecule is CC1(C)CCN(c2ncc(CCl)cn2)CC1. The molecule has 2 heterocycles. The van der Waals surface area contributed by atoms with Gasteiger partial charge in [0.1, 0.15) is 0 Å².